The molecule has 26 heavy (non-hydrogen) atoms. The first-order chi connectivity index (χ1) is 13.3. The van der Waals surface area contributed by atoms with Crippen LogP contribution < -0.4 is 0 Å². The van der Waals surface area contributed by atoms with Crippen molar-refractivity contribution in [2.45, 2.75) is 70.5 Å². The molecule has 4 aliphatic carbocycles. The van der Waals surface area contributed by atoms with E-state index in [2.05, 4.69) is 0 Å². The predicted octanol–water partition coefficient (Wildman–Crippen LogP) is 1.78. The predicted molar refractivity (Wildman–Crippen MR) is 95.1 cm³/mol. The summed E-state index contributed by atoms with van der Waals surface area (Å²) in [5.74, 6) is -3.32. The van der Waals surface area contributed by atoms with Crippen molar-refractivity contribution in [3.05, 3.63) is 11.6 Å². The maximum Gasteiger partial charge on any atom is 0.190 e. The molecule has 0 radical (unpaired) electrons. The Hall–Kier alpha value is -1.04. The third kappa shape index (κ3) is 2.14. The normalized spacial score (nSPS) is 57.0. The fourth-order valence-electron chi connectivity index (χ4n) is 6.41. The summed E-state index contributed by atoms with van der Waals surface area (Å²) in [6.45, 7) is 2.46. The van der Waals surface area contributed by atoms with Crippen LogP contribution >= 0.6 is 0 Å². The first kappa shape index (κ1) is 14.9. The van der Waals surface area contributed by atoms with Crippen LogP contribution in [0.4, 0.5) is 0 Å². The van der Waals surface area contributed by atoms with Gasteiger partial charge in [0.05, 0.1) is 6.10 Å². The molecule has 7 atom stereocenters. The van der Waals surface area contributed by atoms with E-state index in [1.165, 1.54) is 6.92 Å². The molecule has 3 saturated carbocycles. The van der Waals surface area contributed by atoms with Gasteiger partial charge in [-0.15, -0.1) is 0 Å². The molecule has 144 valence electrons. The topological polar surface area (TPSA) is 94.8 Å². The molecule has 0 aromatic rings. The van der Waals surface area contributed by atoms with Crippen molar-refractivity contribution in [2.24, 2.45) is 28.6 Å². The highest BCUT2D eigenvalue weighted by Gasteiger charge is 2.68. The smallest absolute Gasteiger partial charge is 0.190 e. The quantitative estimate of drug-likeness (QED) is 0.693. The van der Waals surface area contributed by atoms with Crippen LogP contribution in [0, 0.1) is 28.6 Å². The van der Waals surface area contributed by atoms with Crippen LogP contribution in [0.5, 0.6) is 0 Å². The average Bonchev–Trinajstić information content (AvgIpc) is 2.95. The van der Waals surface area contributed by atoms with Crippen molar-refractivity contribution >= 4 is 11.6 Å². The zero-order chi connectivity index (χ0) is 21.6. The van der Waals surface area contributed by atoms with Crippen molar-refractivity contribution in [1.82, 2.24) is 0 Å². The maximum atomic E-state index is 12.5. The third-order valence-corrected chi connectivity index (χ3v) is 7.92. The fraction of sp³-hybridized carbons (Fsp3) is 0.810. The van der Waals surface area contributed by atoms with Crippen molar-refractivity contribution in [2.75, 3.05) is 6.61 Å². The van der Waals surface area contributed by atoms with Crippen LogP contribution in [0.1, 0.15) is 62.9 Å². The molecule has 1 unspecified atom stereocenters. The summed E-state index contributed by atoms with van der Waals surface area (Å²) in [6, 6.07) is 0. The lowest BCUT2D eigenvalue weighted by atomic mass is 9.45. The van der Waals surface area contributed by atoms with E-state index in [1.54, 1.807) is 6.08 Å². The molecule has 3 N–H and O–H groups in total. The van der Waals surface area contributed by atoms with E-state index in [9.17, 15) is 26.3 Å². The summed E-state index contributed by atoms with van der Waals surface area (Å²) in [7, 11) is 0. The van der Waals surface area contributed by atoms with E-state index in [-0.39, 0.29) is 18.6 Å². The molecule has 0 bridgehead atoms. The minimum atomic E-state index is -2.43. The number of hydrogen-bond acceptors (Lipinski definition) is 5. The first-order valence-corrected chi connectivity index (χ1v) is 9.61. The number of ketones is 2. The van der Waals surface area contributed by atoms with Crippen LogP contribution in [0.15, 0.2) is 11.6 Å². The summed E-state index contributed by atoms with van der Waals surface area (Å²) < 4.78 is 27.2. The number of rotatable bonds is 2. The van der Waals surface area contributed by atoms with E-state index in [0.717, 1.165) is 5.57 Å². The molecule has 4 rings (SSSR count). The largest absolute Gasteiger partial charge is 0.393 e. The number of aliphatic hydroxyl groups is 3. The van der Waals surface area contributed by atoms with Crippen molar-refractivity contribution in [1.29, 1.82) is 0 Å². The Balaban J connectivity index is 1.91. The number of carbonyl (C=O) groups excluding carboxylic acids is 2. The highest BCUT2D eigenvalue weighted by atomic mass is 16.3. The SMILES string of the molecule is [2H]C12[C@@H](O)C([2H])([2H])[C@@]3(C)[C@@H](CC[C@]3(O)C(=O)CO)[C@@H]1CCC1=CC(=O)CC[C@@]12C. The second-order valence-electron chi connectivity index (χ2n) is 8.90. The van der Waals surface area contributed by atoms with Crippen LogP contribution in [-0.2, 0) is 9.59 Å². The van der Waals surface area contributed by atoms with Gasteiger partial charge in [0.25, 0.3) is 0 Å². The van der Waals surface area contributed by atoms with E-state index in [1.807, 2.05) is 6.92 Å². The molecule has 5 nitrogen and oxygen atoms in total. The summed E-state index contributed by atoms with van der Waals surface area (Å²) >= 11 is 0. The number of allylic oxidation sites excluding steroid dienone is 1. The second-order valence-corrected chi connectivity index (χ2v) is 8.90. The Bertz CT molecular complexity index is 812. The Morgan fingerprint density at radius 3 is 2.77 bits per heavy atom. The minimum absolute atomic E-state index is 0.00135. The van der Waals surface area contributed by atoms with Gasteiger partial charge in [-0.2, -0.15) is 0 Å². The molecule has 3 fully saturated rings. The summed E-state index contributed by atoms with van der Waals surface area (Å²) in [5.41, 5.74) is -3.74. The molecule has 0 aromatic carbocycles. The van der Waals surface area contributed by atoms with Crippen LogP contribution in [-0.4, -0.2) is 45.2 Å². The number of hydrogen-bond donors (Lipinski definition) is 3. The standard InChI is InChI=1S/C21H30O5/c1-19-7-5-13(23)9-12(19)3-4-14-15-6-8-21(26,17(25)11-22)20(15,2)10-16(24)18(14)19/h9,14-16,18,22,24,26H,3-8,10-11H2,1-2H3/t14-,15-,16-,18?,19-,20-,21-/m0/s1/i10D2,18D. The van der Waals surface area contributed by atoms with Crippen molar-refractivity contribution < 1.29 is 29.0 Å². The highest BCUT2D eigenvalue weighted by Crippen LogP contribution is 2.67. The highest BCUT2D eigenvalue weighted by molar-refractivity contribution is 5.91. The lowest BCUT2D eigenvalue weighted by Crippen LogP contribution is -2.62. The van der Waals surface area contributed by atoms with Gasteiger partial charge in [0.2, 0.25) is 0 Å². The van der Waals surface area contributed by atoms with Gasteiger partial charge < -0.3 is 15.3 Å². The van der Waals surface area contributed by atoms with Crippen molar-refractivity contribution in [3.8, 4) is 0 Å². The van der Waals surface area contributed by atoms with Gasteiger partial charge in [-0.3, -0.25) is 9.59 Å². The van der Waals surface area contributed by atoms with E-state index >= 15 is 0 Å². The van der Waals surface area contributed by atoms with Gasteiger partial charge in [0.15, 0.2) is 11.6 Å². The molecule has 4 aliphatic rings. The summed E-state index contributed by atoms with van der Waals surface area (Å²) in [5, 5.41) is 32.1. The van der Waals surface area contributed by atoms with E-state index in [4.69, 9.17) is 2.74 Å². The summed E-state index contributed by atoms with van der Waals surface area (Å²) in [4.78, 5) is 24.5. The average molecular weight is 365 g/mol. The summed E-state index contributed by atoms with van der Waals surface area (Å²) in [6.07, 6.45) is -0.525. The van der Waals surface area contributed by atoms with Gasteiger partial charge in [-0.05, 0) is 67.7 Å². The molecule has 0 aromatic heterocycles. The molecule has 5 heteroatoms. The second kappa shape index (κ2) is 5.73. The Labute approximate surface area is 158 Å². The number of fused-ring (bicyclic) bond motifs is 5. The molecular weight excluding hydrogens is 332 g/mol. The van der Waals surface area contributed by atoms with Crippen LogP contribution in [0.3, 0.4) is 0 Å². The van der Waals surface area contributed by atoms with Gasteiger partial charge in [-0.25, -0.2) is 0 Å². The van der Waals surface area contributed by atoms with Gasteiger partial charge in [0.1, 0.15) is 12.2 Å². The zero-order valence-corrected chi connectivity index (χ0v) is 15.4. The zero-order valence-electron chi connectivity index (χ0n) is 18.4. The molecule has 0 saturated heterocycles. The minimum Gasteiger partial charge on any atom is -0.393 e. The third-order valence-electron chi connectivity index (χ3n) is 7.92. The van der Waals surface area contributed by atoms with Crippen LogP contribution in [0.25, 0.3) is 0 Å². The van der Waals surface area contributed by atoms with E-state index < -0.39 is 59.0 Å². The lowest BCUT2D eigenvalue weighted by Gasteiger charge is -2.60. The molecule has 0 aliphatic heterocycles. The molecule has 0 amide bonds. The Morgan fingerprint density at radius 1 is 1.35 bits per heavy atom. The van der Waals surface area contributed by atoms with E-state index in [0.29, 0.717) is 25.7 Å². The number of Topliss-reactive ketones (excluding diaryl/α,β-unsaturated/α-hetero) is 1. The van der Waals surface area contributed by atoms with Gasteiger partial charge in [-0.1, -0.05) is 19.4 Å². The van der Waals surface area contributed by atoms with Gasteiger partial charge in [0, 0.05) is 15.9 Å². The molecule has 0 spiro atoms. The number of aliphatic hydroxyl groups excluding tert-OH is 2. The Kier molecular flexibility index (Phi) is 3.29. The monoisotopic (exact) mass is 365 g/mol. The first-order valence-electron chi connectivity index (χ1n) is 11.1. The fourth-order valence-corrected chi connectivity index (χ4v) is 6.41. The molecule has 0 heterocycles. The van der Waals surface area contributed by atoms with Crippen molar-refractivity contribution in [3.63, 3.8) is 0 Å². The number of carbonyl (C=O) groups is 2. The Morgan fingerprint density at radius 2 is 2.08 bits per heavy atom. The maximum absolute atomic E-state index is 12.5. The lowest BCUT2D eigenvalue weighted by molar-refractivity contribution is -0.182. The molecular formula is C21H30O5. The van der Waals surface area contributed by atoms with Gasteiger partial charge >= 0.3 is 0 Å². The van der Waals surface area contributed by atoms with Crippen LogP contribution in [0.2, 0.25) is 0 Å².